The van der Waals surface area contributed by atoms with E-state index >= 15 is 0 Å². The van der Waals surface area contributed by atoms with Crippen LogP contribution in [-0.4, -0.2) is 27.6 Å². The van der Waals surface area contributed by atoms with Gasteiger partial charge in [0.1, 0.15) is 0 Å². The van der Waals surface area contributed by atoms with Crippen LogP contribution in [0.3, 0.4) is 0 Å². The van der Waals surface area contributed by atoms with Crippen molar-refractivity contribution in [2.75, 3.05) is 0 Å². The summed E-state index contributed by atoms with van der Waals surface area (Å²) in [6.45, 7) is 22.8. The van der Waals surface area contributed by atoms with Gasteiger partial charge in [0.05, 0.1) is 30.5 Å². The van der Waals surface area contributed by atoms with Crippen molar-refractivity contribution >= 4 is 46.4 Å². The molecule has 0 aliphatic carbocycles. The fourth-order valence-corrected chi connectivity index (χ4v) is 9.68. The van der Waals surface area contributed by atoms with Crippen LogP contribution >= 0.6 is 0 Å². The number of para-hydroxylation sites is 2. The van der Waals surface area contributed by atoms with Gasteiger partial charge in [-0.3, -0.25) is 4.98 Å². The van der Waals surface area contributed by atoms with Crippen LogP contribution in [0.15, 0.2) is 138 Å². The third-order valence-corrected chi connectivity index (χ3v) is 13.4. The summed E-state index contributed by atoms with van der Waals surface area (Å²) in [5.41, 5.74) is 13.5. The van der Waals surface area contributed by atoms with Gasteiger partial charge in [0.25, 0.3) is 0 Å². The Kier molecular flexibility index (Phi) is 13.0. The fraction of sp³-hybridized carbons (Fsp3) is 0.255. The van der Waals surface area contributed by atoms with Gasteiger partial charge in [-0.2, -0.15) is 0 Å². The Morgan fingerprint density at radius 3 is 2.18 bits per heavy atom. The Morgan fingerprint density at radius 1 is 0.742 bits per heavy atom. The molecule has 0 aliphatic heterocycles. The summed E-state index contributed by atoms with van der Waals surface area (Å²) in [6, 6.07) is 51.0. The third-order valence-electron chi connectivity index (χ3n) is 11.3. The minimum absolute atomic E-state index is 0. The third kappa shape index (κ3) is 9.17. The molecule has 0 N–H and O–H groups in total. The predicted molar refractivity (Wildman–Crippen MR) is 259 cm³/mol. The number of nitrogens with zero attached hydrogens (tertiary/aromatic N) is 4. The SMILES string of the molecule is CC(C)Cc1cc(-c2[c-]cccc2)ncc1[Si](C)(C)C.CC(C)c1ccc2c(n1)oc1c(-c3nc4ccccc4n3-c3ccc(C(C)(C)C)cc3-c3ccccc3)[c-]ccc12.[Ir]. The number of benzene rings is 5. The molecule has 0 amide bonds. The molecule has 9 rings (SSSR count). The molecule has 62 heavy (non-hydrogen) atoms. The summed E-state index contributed by atoms with van der Waals surface area (Å²) in [4.78, 5) is 14.7. The molecule has 0 unspecified atom stereocenters. The van der Waals surface area contributed by atoms with E-state index in [-0.39, 0.29) is 25.5 Å². The summed E-state index contributed by atoms with van der Waals surface area (Å²) in [5.74, 6) is 1.77. The van der Waals surface area contributed by atoms with E-state index in [1.807, 2.05) is 30.3 Å². The number of fused-ring (bicyclic) bond motifs is 4. The van der Waals surface area contributed by atoms with Crippen molar-refractivity contribution in [2.24, 2.45) is 5.92 Å². The molecular weight excluding hydrogens is 953 g/mol. The topological polar surface area (TPSA) is 56.7 Å². The van der Waals surface area contributed by atoms with E-state index in [9.17, 15) is 0 Å². The molecule has 4 aromatic heterocycles. The quantitative estimate of drug-likeness (QED) is 0.112. The molecule has 4 heterocycles. The van der Waals surface area contributed by atoms with Gasteiger partial charge in [-0.25, -0.2) is 4.98 Å². The molecule has 5 aromatic carbocycles. The van der Waals surface area contributed by atoms with Crippen molar-refractivity contribution in [2.45, 2.75) is 85.9 Å². The molecule has 0 saturated carbocycles. The van der Waals surface area contributed by atoms with Gasteiger partial charge >= 0.3 is 0 Å². The van der Waals surface area contributed by atoms with Crippen LogP contribution in [-0.2, 0) is 31.9 Å². The summed E-state index contributed by atoms with van der Waals surface area (Å²) in [5, 5.41) is 3.51. The van der Waals surface area contributed by atoms with Crippen molar-refractivity contribution < 1.29 is 24.5 Å². The van der Waals surface area contributed by atoms with Crippen molar-refractivity contribution in [3.63, 3.8) is 0 Å². The van der Waals surface area contributed by atoms with Crippen LogP contribution in [0.25, 0.3) is 72.6 Å². The number of hydrogen-bond donors (Lipinski definition) is 0. The molecule has 0 saturated heterocycles. The maximum absolute atomic E-state index is 6.50. The van der Waals surface area contributed by atoms with Crippen LogP contribution in [0.5, 0.6) is 0 Å². The molecule has 0 aliphatic rings. The van der Waals surface area contributed by atoms with E-state index in [1.165, 1.54) is 16.3 Å². The van der Waals surface area contributed by atoms with Crippen molar-refractivity contribution in [3.8, 4) is 39.5 Å². The summed E-state index contributed by atoms with van der Waals surface area (Å²) >= 11 is 0. The van der Waals surface area contributed by atoms with Gasteiger partial charge in [0.2, 0.25) is 5.71 Å². The van der Waals surface area contributed by atoms with E-state index in [2.05, 4.69) is 193 Å². The largest absolute Gasteiger partial charge is 0.486 e. The molecule has 5 nitrogen and oxygen atoms in total. The first-order chi connectivity index (χ1) is 29.2. The van der Waals surface area contributed by atoms with Crippen LogP contribution in [0.1, 0.15) is 71.2 Å². The average Bonchev–Trinajstić information content (AvgIpc) is 3.82. The maximum Gasteiger partial charge on any atom is 0.216 e. The second kappa shape index (κ2) is 18.1. The predicted octanol–water partition coefficient (Wildman–Crippen LogP) is 14.2. The van der Waals surface area contributed by atoms with Crippen LogP contribution in [0, 0.1) is 18.1 Å². The van der Waals surface area contributed by atoms with Gasteiger partial charge in [-0.05, 0) is 82.1 Å². The Hall–Kier alpha value is -5.46. The van der Waals surface area contributed by atoms with Gasteiger partial charge in [-0.15, -0.1) is 54.1 Å². The molecule has 317 valence electrons. The number of hydrogen-bond acceptors (Lipinski definition) is 4. The zero-order chi connectivity index (χ0) is 43.1. The standard InChI is InChI=1S/C37H32N3O.C18H24NSi.Ir/c1-23(2)30-20-19-27-26-14-11-15-28(34(26)41-36(27)39-30)35-38-31-16-9-10-17-33(31)40(35)32-21-18-25(37(3,4)5)22-29(32)24-12-7-6-8-13-24;1-14(2)11-16-12-17(15-9-7-6-8-10-15)19-13-18(16)20(3,4)5;/h6-14,16-23H,1-5H3;6-9,12-14H,11H2,1-5H3;/q2*-1;. The van der Waals surface area contributed by atoms with Gasteiger partial charge < -0.3 is 14.0 Å². The number of imidazole rings is 1. The van der Waals surface area contributed by atoms with Crippen molar-refractivity contribution in [3.05, 3.63) is 163 Å². The zero-order valence-electron chi connectivity index (χ0n) is 37.6. The number of rotatable bonds is 8. The van der Waals surface area contributed by atoms with Crippen molar-refractivity contribution in [1.29, 1.82) is 0 Å². The normalized spacial score (nSPS) is 11.9. The fourth-order valence-electron chi connectivity index (χ4n) is 8.09. The first kappa shape index (κ1) is 44.6. The smallest absolute Gasteiger partial charge is 0.216 e. The summed E-state index contributed by atoms with van der Waals surface area (Å²) in [6.07, 6.45) is 3.24. The Balaban J connectivity index is 0.000000233. The average molecular weight is 1010 g/mol. The minimum atomic E-state index is -1.34. The molecule has 9 aromatic rings. The van der Waals surface area contributed by atoms with Gasteiger partial charge in [-0.1, -0.05) is 139 Å². The van der Waals surface area contributed by atoms with Gasteiger partial charge in [0.15, 0.2) is 0 Å². The molecule has 0 spiro atoms. The summed E-state index contributed by atoms with van der Waals surface area (Å²) in [7, 11) is -1.34. The van der Waals surface area contributed by atoms with Crippen LogP contribution < -0.4 is 5.19 Å². The summed E-state index contributed by atoms with van der Waals surface area (Å²) < 4.78 is 8.76. The van der Waals surface area contributed by atoms with Crippen LogP contribution in [0.2, 0.25) is 19.6 Å². The number of pyridine rings is 2. The first-order valence-corrected chi connectivity index (χ1v) is 25.1. The Labute approximate surface area is 382 Å². The van der Waals surface area contributed by atoms with E-state index in [4.69, 9.17) is 14.4 Å². The molecule has 7 heteroatoms. The molecule has 0 bridgehead atoms. The second-order valence-corrected chi connectivity index (χ2v) is 23.9. The second-order valence-electron chi connectivity index (χ2n) is 18.9. The molecular formula is C55H56IrN4OSi-2. The van der Waals surface area contributed by atoms with E-state index in [0.717, 1.165) is 79.0 Å². The Morgan fingerprint density at radius 2 is 1.48 bits per heavy atom. The maximum atomic E-state index is 6.50. The number of furan rings is 1. The number of aromatic nitrogens is 4. The van der Waals surface area contributed by atoms with E-state index in [1.54, 1.807) is 0 Å². The van der Waals surface area contributed by atoms with E-state index in [0.29, 0.717) is 17.5 Å². The van der Waals surface area contributed by atoms with E-state index < -0.39 is 8.07 Å². The minimum Gasteiger partial charge on any atom is -0.486 e. The van der Waals surface area contributed by atoms with Crippen LogP contribution in [0.4, 0.5) is 0 Å². The van der Waals surface area contributed by atoms with Gasteiger partial charge in [0, 0.05) is 48.6 Å². The molecule has 0 fully saturated rings. The zero-order valence-corrected chi connectivity index (χ0v) is 41.0. The first-order valence-electron chi connectivity index (χ1n) is 21.6. The molecule has 0 atom stereocenters. The molecule has 1 radical (unpaired) electrons. The monoisotopic (exact) mass is 1010 g/mol. The van der Waals surface area contributed by atoms with Crippen molar-refractivity contribution in [1.82, 2.24) is 19.5 Å². The Bertz CT molecular complexity index is 2970.